The third-order valence-electron chi connectivity index (χ3n) is 3.38. The first-order valence-electron chi connectivity index (χ1n) is 6.58. The highest BCUT2D eigenvalue weighted by Gasteiger charge is 2.16. The molecule has 0 saturated heterocycles. The number of carbonyl (C=O) groups excluding carboxylic acids is 1. The molecule has 0 radical (unpaired) electrons. The summed E-state index contributed by atoms with van der Waals surface area (Å²) in [6.45, 7) is 0. The van der Waals surface area contributed by atoms with Crippen LogP contribution in [0, 0.1) is 5.92 Å². The summed E-state index contributed by atoms with van der Waals surface area (Å²) in [6.07, 6.45) is 8.21. The zero-order chi connectivity index (χ0) is 12.8. The van der Waals surface area contributed by atoms with Crippen molar-refractivity contribution < 1.29 is 4.79 Å². The highest BCUT2D eigenvalue weighted by atomic mass is 35.5. The third kappa shape index (κ3) is 4.25. The maximum absolute atomic E-state index is 11.9. The van der Waals surface area contributed by atoms with Gasteiger partial charge in [-0.15, -0.1) is 22.9 Å². The van der Waals surface area contributed by atoms with Crippen LogP contribution in [-0.2, 0) is 10.7 Å². The number of nitrogens with zero attached hydrogens (tertiary/aromatic N) is 1. The van der Waals surface area contributed by atoms with Crippen molar-refractivity contribution in [3.8, 4) is 0 Å². The summed E-state index contributed by atoms with van der Waals surface area (Å²) in [5, 5.41) is 5.43. The van der Waals surface area contributed by atoms with Crippen molar-refractivity contribution in [1.82, 2.24) is 4.98 Å². The fourth-order valence-corrected chi connectivity index (χ4v) is 3.38. The first-order valence-corrected chi connectivity index (χ1v) is 7.99. The number of nitrogens with one attached hydrogen (secondary N) is 1. The van der Waals surface area contributed by atoms with E-state index in [1.165, 1.54) is 49.9 Å². The number of amides is 1. The minimum Gasteiger partial charge on any atom is -0.302 e. The van der Waals surface area contributed by atoms with Crippen LogP contribution in [0.4, 0.5) is 5.13 Å². The van der Waals surface area contributed by atoms with Crippen molar-refractivity contribution in [2.45, 2.75) is 50.8 Å². The summed E-state index contributed by atoms with van der Waals surface area (Å²) < 4.78 is 0. The number of thiazole rings is 1. The maximum atomic E-state index is 11.9. The maximum Gasteiger partial charge on any atom is 0.226 e. The molecule has 1 aromatic rings. The molecule has 5 heteroatoms. The smallest absolute Gasteiger partial charge is 0.226 e. The number of halogens is 1. The molecule has 0 bridgehead atoms. The minimum atomic E-state index is 0.0948. The lowest BCUT2D eigenvalue weighted by atomic mass is 9.96. The minimum absolute atomic E-state index is 0.0948. The third-order valence-corrected chi connectivity index (χ3v) is 4.46. The van der Waals surface area contributed by atoms with Crippen LogP contribution in [0.2, 0.25) is 0 Å². The van der Waals surface area contributed by atoms with Gasteiger partial charge in [-0.2, -0.15) is 0 Å². The zero-order valence-corrected chi connectivity index (χ0v) is 12.0. The van der Waals surface area contributed by atoms with Crippen LogP contribution in [0.25, 0.3) is 0 Å². The zero-order valence-electron chi connectivity index (χ0n) is 10.5. The fraction of sp³-hybridized carbons (Fsp3) is 0.692. The van der Waals surface area contributed by atoms with Gasteiger partial charge in [0.15, 0.2) is 5.13 Å². The molecule has 3 nitrogen and oxygen atoms in total. The molecule has 1 amide bonds. The Morgan fingerprint density at radius 3 is 2.72 bits per heavy atom. The van der Waals surface area contributed by atoms with Crippen LogP contribution in [-0.4, -0.2) is 10.9 Å². The predicted molar refractivity (Wildman–Crippen MR) is 76.1 cm³/mol. The van der Waals surface area contributed by atoms with E-state index in [9.17, 15) is 4.79 Å². The number of rotatable bonds is 4. The van der Waals surface area contributed by atoms with Crippen LogP contribution in [0.1, 0.15) is 50.6 Å². The topological polar surface area (TPSA) is 42.0 Å². The van der Waals surface area contributed by atoms with Crippen molar-refractivity contribution in [1.29, 1.82) is 0 Å². The summed E-state index contributed by atoms with van der Waals surface area (Å²) in [7, 11) is 0. The van der Waals surface area contributed by atoms with Crippen molar-refractivity contribution in [2.24, 2.45) is 5.92 Å². The van der Waals surface area contributed by atoms with E-state index in [0.29, 0.717) is 23.4 Å². The number of alkyl halides is 1. The SMILES string of the molecule is O=C(CC1CCCCCC1)Nc1nc(CCl)cs1. The summed E-state index contributed by atoms with van der Waals surface area (Å²) in [4.78, 5) is 16.1. The molecule has 1 saturated carbocycles. The Hall–Kier alpha value is -0.610. The fourth-order valence-electron chi connectivity index (χ4n) is 2.43. The molecular weight excluding hydrogens is 268 g/mol. The molecule has 0 spiro atoms. The largest absolute Gasteiger partial charge is 0.302 e. The van der Waals surface area contributed by atoms with Gasteiger partial charge >= 0.3 is 0 Å². The molecule has 1 N–H and O–H groups in total. The molecular formula is C13H19ClN2OS. The van der Waals surface area contributed by atoms with Gasteiger partial charge in [0.05, 0.1) is 11.6 Å². The number of hydrogen-bond acceptors (Lipinski definition) is 3. The second-order valence-corrected chi connectivity index (χ2v) is 6.01. The first-order chi connectivity index (χ1) is 8.78. The lowest BCUT2D eigenvalue weighted by Crippen LogP contribution is -2.16. The van der Waals surface area contributed by atoms with Crippen LogP contribution >= 0.6 is 22.9 Å². The highest BCUT2D eigenvalue weighted by Crippen LogP contribution is 2.26. The normalized spacial score (nSPS) is 17.4. The summed E-state index contributed by atoms with van der Waals surface area (Å²) in [5.74, 6) is 1.05. The van der Waals surface area contributed by atoms with E-state index >= 15 is 0 Å². The van der Waals surface area contributed by atoms with Crippen molar-refractivity contribution in [3.05, 3.63) is 11.1 Å². The molecule has 0 aliphatic heterocycles. The van der Waals surface area contributed by atoms with Gasteiger partial charge in [0.1, 0.15) is 0 Å². The van der Waals surface area contributed by atoms with Gasteiger partial charge in [0.2, 0.25) is 5.91 Å². The van der Waals surface area contributed by atoms with Gasteiger partial charge in [-0.05, 0) is 18.8 Å². The molecule has 0 atom stereocenters. The van der Waals surface area contributed by atoms with Gasteiger partial charge in [-0.1, -0.05) is 25.7 Å². The molecule has 1 heterocycles. The second-order valence-electron chi connectivity index (χ2n) is 4.89. The summed E-state index contributed by atoms with van der Waals surface area (Å²) in [5.41, 5.74) is 0.825. The van der Waals surface area contributed by atoms with E-state index in [1.54, 1.807) is 0 Å². The molecule has 1 aromatic heterocycles. The number of aromatic nitrogens is 1. The van der Waals surface area contributed by atoms with Gasteiger partial charge in [0, 0.05) is 11.8 Å². The van der Waals surface area contributed by atoms with E-state index in [4.69, 9.17) is 11.6 Å². The lowest BCUT2D eigenvalue weighted by molar-refractivity contribution is -0.117. The Bertz CT molecular complexity index is 386. The Morgan fingerprint density at radius 2 is 2.11 bits per heavy atom. The van der Waals surface area contributed by atoms with E-state index in [0.717, 1.165) is 5.69 Å². The van der Waals surface area contributed by atoms with E-state index in [1.807, 2.05) is 5.38 Å². The molecule has 18 heavy (non-hydrogen) atoms. The van der Waals surface area contributed by atoms with Gasteiger partial charge < -0.3 is 5.32 Å². The molecule has 1 aliphatic rings. The van der Waals surface area contributed by atoms with E-state index < -0.39 is 0 Å². The summed E-state index contributed by atoms with van der Waals surface area (Å²) in [6, 6.07) is 0. The van der Waals surface area contributed by atoms with Crippen molar-refractivity contribution in [3.63, 3.8) is 0 Å². The van der Waals surface area contributed by atoms with Gasteiger partial charge in [0.25, 0.3) is 0 Å². The quantitative estimate of drug-likeness (QED) is 0.666. The number of anilines is 1. The second kappa shape index (κ2) is 7.10. The van der Waals surface area contributed by atoms with Crippen LogP contribution in [0.5, 0.6) is 0 Å². The Labute approximate surface area is 117 Å². The van der Waals surface area contributed by atoms with Gasteiger partial charge in [-0.25, -0.2) is 4.98 Å². The molecule has 2 rings (SSSR count). The van der Waals surface area contributed by atoms with Gasteiger partial charge in [-0.3, -0.25) is 4.79 Å². The summed E-state index contributed by atoms with van der Waals surface area (Å²) >= 11 is 7.12. The monoisotopic (exact) mass is 286 g/mol. The lowest BCUT2D eigenvalue weighted by Gasteiger charge is -2.12. The van der Waals surface area contributed by atoms with Crippen molar-refractivity contribution in [2.75, 3.05) is 5.32 Å². The standard InChI is InChI=1S/C13H19ClN2OS/c14-8-11-9-18-13(15-11)16-12(17)7-10-5-3-1-2-4-6-10/h9-10H,1-8H2,(H,15,16,17). The molecule has 1 fully saturated rings. The first kappa shape index (κ1) is 13.8. The average Bonchev–Trinajstić information content (AvgIpc) is 2.65. The molecule has 1 aliphatic carbocycles. The number of carbonyl (C=O) groups is 1. The van der Waals surface area contributed by atoms with E-state index in [-0.39, 0.29) is 5.91 Å². The Balaban J connectivity index is 1.80. The van der Waals surface area contributed by atoms with Crippen molar-refractivity contribution >= 4 is 34.0 Å². The average molecular weight is 287 g/mol. The Morgan fingerprint density at radius 1 is 1.39 bits per heavy atom. The Kier molecular flexibility index (Phi) is 5.45. The molecule has 0 unspecified atom stereocenters. The van der Waals surface area contributed by atoms with Crippen LogP contribution in [0.3, 0.4) is 0 Å². The molecule has 100 valence electrons. The van der Waals surface area contributed by atoms with E-state index in [2.05, 4.69) is 10.3 Å². The predicted octanol–water partition coefficient (Wildman–Crippen LogP) is 4.18. The highest BCUT2D eigenvalue weighted by molar-refractivity contribution is 7.13. The molecule has 0 aromatic carbocycles. The van der Waals surface area contributed by atoms with Crippen LogP contribution in [0.15, 0.2) is 5.38 Å². The van der Waals surface area contributed by atoms with Crippen LogP contribution < -0.4 is 5.32 Å². The number of hydrogen-bond donors (Lipinski definition) is 1.